The second kappa shape index (κ2) is 23.5. The number of thiophene rings is 2. The summed E-state index contributed by atoms with van der Waals surface area (Å²) in [5, 5.41) is 0. The van der Waals surface area contributed by atoms with Gasteiger partial charge in [0.25, 0.3) is 0 Å². The normalized spacial score (nSPS) is 16.7. The molecule has 0 saturated carbocycles. The predicted molar refractivity (Wildman–Crippen MR) is 244 cm³/mol. The molecule has 6 rings (SSSR count). The van der Waals surface area contributed by atoms with Crippen LogP contribution in [0.2, 0.25) is 0 Å². The molecule has 0 N–H and O–H groups in total. The highest BCUT2D eigenvalue weighted by atomic mass is 32.1. The maximum atomic E-state index is 12.5. The minimum Gasteiger partial charge on any atom is -0.309 e. The highest BCUT2D eigenvalue weighted by Gasteiger charge is 2.32. The molecule has 2 aromatic heterocycles. The summed E-state index contributed by atoms with van der Waals surface area (Å²) in [7, 11) is 0. The molecule has 2 atom stereocenters. The number of carbonyl (C=O) groups excluding carboxylic acids is 4. The Labute approximate surface area is 355 Å². The third kappa shape index (κ3) is 13.5. The van der Waals surface area contributed by atoms with Crippen molar-refractivity contribution in [3.63, 3.8) is 0 Å². The smallest absolute Gasteiger partial charge is 0.227 e. The van der Waals surface area contributed by atoms with Crippen LogP contribution in [-0.2, 0) is 35.3 Å². The molecule has 310 valence electrons. The maximum absolute atomic E-state index is 12.5. The van der Waals surface area contributed by atoms with Crippen LogP contribution in [0.15, 0.2) is 84.9 Å². The van der Waals surface area contributed by atoms with Gasteiger partial charge in [0.15, 0.2) is 11.6 Å². The summed E-state index contributed by atoms with van der Waals surface area (Å²) in [6, 6.07) is 25.5. The van der Waals surface area contributed by atoms with Crippen LogP contribution < -0.4 is 9.80 Å². The number of aryl methyl sites for hydroxylation is 3. The number of anilines is 2. The minimum absolute atomic E-state index is 0.116. The van der Waals surface area contributed by atoms with Gasteiger partial charge in [0.2, 0.25) is 11.8 Å². The lowest BCUT2D eigenvalue weighted by Crippen LogP contribution is -2.32. The number of unbranched alkanes of at least 4 members (excludes halogenated alkanes) is 6. The molecule has 4 heterocycles. The van der Waals surface area contributed by atoms with Crippen molar-refractivity contribution in [2.45, 2.75) is 155 Å². The van der Waals surface area contributed by atoms with Crippen LogP contribution in [0.5, 0.6) is 0 Å². The molecule has 2 amide bonds. The Morgan fingerprint density at radius 1 is 0.603 bits per heavy atom. The Balaban J connectivity index is 0.000000221. The summed E-state index contributed by atoms with van der Waals surface area (Å²) in [5.41, 5.74) is 4.76. The van der Waals surface area contributed by atoms with E-state index in [9.17, 15) is 19.2 Å². The number of rotatable bonds is 21. The van der Waals surface area contributed by atoms with Gasteiger partial charge in [-0.05, 0) is 138 Å². The van der Waals surface area contributed by atoms with Gasteiger partial charge in [0, 0.05) is 40.0 Å². The Hall–Kier alpha value is -4.14. The molecule has 0 unspecified atom stereocenters. The summed E-state index contributed by atoms with van der Waals surface area (Å²) < 4.78 is 0. The van der Waals surface area contributed by atoms with Gasteiger partial charge in [-0.1, -0.05) is 88.8 Å². The lowest BCUT2D eigenvalue weighted by molar-refractivity contribution is -0.118. The van der Waals surface area contributed by atoms with Crippen molar-refractivity contribution in [3.8, 4) is 0 Å². The zero-order valence-corrected chi connectivity index (χ0v) is 36.9. The molecule has 2 fully saturated rings. The lowest BCUT2D eigenvalue weighted by Gasteiger charge is -2.25. The van der Waals surface area contributed by atoms with E-state index in [-0.39, 0.29) is 29.4 Å². The molecule has 0 radical (unpaired) electrons. The van der Waals surface area contributed by atoms with Gasteiger partial charge in [-0.3, -0.25) is 19.2 Å². The van der Waals surface area contributed by atoms with Crippen molar-refractivity contribution >= 4 is 57.4 Å². The van der Waals surface area contributed by atoms with Crippen LogP contribution in [0.25, 0.3) is 0 Å². The van der Waals surface area contributed by atoms with Crippen molar-refractivity contribution in [1.29, 1.82) is 0 Å². The molecule has 2 aliphatic heterocycles. The molecule has 2 saturated heterocycles. The maximum Gasteiger partial charge on any atom is 0.227 e. The Morgan fingerprint density at radius 3 is 1.67 bits per heavy atom. The monoisotopic (exact) mass is 820 g/mol. The molecule has 6 nitrogen and oxygen atoms in total. The predicted octanol–water partition coefficient (Wildman–Crippen LogP) is 13.0. The van der Waals surface area contributed by atoms with E-state index < -0.39 is 0 Å². The van der Waals surface area contributed by atoms with E-state index in [1.165, 1.54) is 72.2 Å². The van der Waals surface area contributed by atoms with Crippen LogP contribution in [0, 0.1) is 0 Å². The average Bonchev–Trinajstić information content (AvgIpc) is 4.04. The first-order valence-electron chi connectivity index (χ1n) is 21.8. The van der Waals surface area contributed by atoms with E-state index in [2.05, 4.69) is 80.6 Å². The third-order valence-electron chi connectivity index (χ3n) is 11.3. The number of allylic oxidation sites excluding steroid dienone is 1. The SMILES string of the molecule is CCCCCCc1ccc(N2C(=O)CC[C@@H]2C=CCc2ccc(C(C)=O)s2)cc1.CCCCCCc1ccc(N2C(=O)CC[C@@H]2CCCc2ccc(C(C)=O)s2)cc1. The summed E-state index contributed by atoms with van der Waals surface area (Å²) in [5.74, 6) is 0.709. The first-order chi connectivity index (χ1) is 28.2. The van der Waals surface area contributed by atoms with Crippen molar-refractivity contribution in [3.05, 3.63) is 116 Å². The quantitative estimate of drug-likeness (QED) is 0.0477. The van der Waals surface area contributed by atoms with Gasteiger partial charge >= 0.3 is 0 Å². The number of Topliss-reactive ketones (excluding diaryl/α,β-unsaturated/α-hetero) is 2. The molecule has 2 aliphatic rings. The molecule has 4 aromatic rings. The lowest BCUT2D eigenvalue weighted by atomic mass is 10.0. The minimum atomic E-state index is 0.116. The van der Waals surface area contributed by atoms with Crippen molar-refractivity contribution < 1.29 is 19.2 Å². The molecule has 0 spiro atoms. The second-order valence-electron chi connectivity index (χ2n) is 15.9. The van der Waals surface area contributed by atoms with Crippen LogP contribution in [0.1, 0.15) is 158 Å². The van der Waals surface area contributed by atoms with Gasteiger partial charge < -0.3 is 9.80 Å². The number of benzene rings is 2. The van der Waals surface area contributed by atoms with Gasteiger partial charge in [-0.25, -0.2) is 0 Å². The first kappa shape index (κ1) is 45.0. The fourth-order valence-corrected chi connectivity index (χ4v) is 9.81. The highest BCUT2D eigenvalue weighted by Crippen LogP contribution is 2.31. The van der Waals surface area contributed by atoms with E-state index >= 15 is 0 Å². The molecule has 0 aliphatic carbocycles. The fraction of sp³-hybridized carbons (Fsp3) is 0.480. The van der Waals surface area contributed by atoms with Crippen LogP contribution in [0.4, 0.5) is 11.4 Å². The topological polar surface area (TPSA) is 74.8 Å². The Bertz CT molecular complexity index is 1940. The van der Waals surface area contributed by atoms with Crippen LogP contribution in [0.3, 0.4) is 0 Å². The van der Waals surface area contributed by atoms with Gasteiger partial charge in [-0.2, -0.15) is 0 Å². The molecule has 8 heteroatoms. The number of hydrogen-bond acceptors (Lipinski definition) is 6. The summed E-state index contributed by atoms with van der Waals surface area (Å²) in [6.07, 6.45) is 23.6. The van der Waals surface area contributed by atoms with Crippen molar-refractivity contribution in [1.82, 2.24) is 0 Å². The molecular weight excluding hydrogens is 757 g/mol. The largest absolute Gasteiger partial charge is 0.309 e. The molecule has 0 bridgehead atoms. The number of amides is 2. The van der Waals surface area contributed by atoms with Crippen molar-refractivity contribution in [2.75, 3.05) is 9.80 Å². The number of hydrogen-bond donors (Lipinski definition) is 0. The number of carbonyl (C=O) groups is 4. The summed E-state index contributed by atoms with van der Waals surface area (Å²) in [6.45, 7) is 7.69. The first-order valence-corrected chi connectivity index (χ1v) is 23.5. The Kier molecular flexibility index (Phi) is 18.2. The van der Waals surface area contributed by atoms with Crippen LogP contribution in [-0.4, -0.2) is 35.5 Å². The standard InChI is InChI=1S/C25H33NO2S.C25H31NO2S/c2*1-3-4-5-6-8-20-11-13-22(14-12-20)26-21(15-18-25(26)28)9-7-10-23-16-17-24(29-23)19(2)27/h11-14,16-17,21H,3-10,15,18H2,1-2H3;7,9,11-14,16-17,21H,3-6,8,10,15,18H2,1-2H3/t2*21-/m00/s1. The Morgan fingerprint density at radius 2 is 1.12 bits per heavy atom. The second-order valence-corrected chi connectivity index (χ2v) is 18.3. The number of ketones is 2. The van der Waals surface area contributed by atoms with Gasteiger partial charge in [0.05, 0.1) is 15.8 Å². The van der Waals surface area contributed by atoms with Crippen molar-refractivity contribution in [2.24, 2.45) is 0 Å². The van der Waals surface area contributed by atoms with E-state index in [0.29, 0.717) is 18.9 Å². The molecule has 2 aromatic carbocycles. The van der Waals surface area contributed by atoms with E-state index in [4.69, 9.17) is 0 Å². The zero-order chi connectivity index (χ0) is 41.3. The number of nitrogens with zero attached hydrogens (tertiary/aromatic N) is 2. The van der Waals surface area contributed by atoms with E-state index in [0.717, 1.165) is 72.5 Å². The van der Waals surface area contributed by atoms with Gasteiger partial charge in [-0.15, -0.1) is 22.7 Å². The van der Waals surface area contributed by atoms with E-state index in [1.807, 2.05) is 28.0 Å². The molecular formula is C50H64N2O4S2. The average molecular weight is 821 g/mol. The molecule has 58 heavy (non-hydrogen) atoms. The summed E-state index contributed by atoms with van der Waals surface area (Å²) >= 11 is 3.15. The fourth-order valence-electron chi connectivity index (χ4n) is 7.98. The highest BCUT2D eigenvalue weighted by molar-refractivity contribution is 7.14. The van der Waals surface area contributed by atoms with E-state index in [1.54, 1.807) is 36.5 Å². The van der Waals surface area contributed by atoms with Gasteiger partial charge in [0.1, 0.15) is 0 Å². The summed E-state index contributed by atoms with van der Waals surface area (Å²) in [4.78, 5) is 55.9. The third-order valence-corrected chi connectivity index (χ3v) is 13.8. The van der Waals surface area contributed by atoms with Crippen LogP contribution >= 0.6 is 22.7 Å². The zero-order valence-electron chi connectivity index (χ0n) is 35.3.